The zero-order valence-corrected chi connectivity index (χ0v) is 20.4. The number of pyridine rings is 1. The lowest BCUT2D eigenvalue weighted by molar-refractivity contribution is -0.120. The summed E-state index contributed by atoms with van der Waals surface area (Å²) in [6, 6.07) is 6.05. The Balaban J connectivity index is 1.57. The molecule has 4 rings (SSSR count). The molecule has 0 saturated carbocycles. The van der Waals surface area contributed by atoms with Crippen molar-refractivity contribution in [2.45, 2.75) is 13.3 Å². The van der Waals surface area contributed by atoms with Gasteiger partial charge in [0.05, 0.1) is 12.2 Å². The van der Waals surface area contributed by atoms with Gasteiger partial charge in [0, 0.05) is 72.8 Å². The van der Waals surface area contributed by atoms with Gasteiger partial charge in [0.2, 0.25) is 5.91 Å². The van der Waals surface area contributed by atoms with Gasteiger partial charge >= 0.3 is 0 Å². The number of nitrogens with two attached hydrogens (primary N) is 1. The van der Waals surface area contributed by atoms with E-state index in [0.717, 1.165) is 26.2 Å². The van der Waals surface area contributed by atoms with Crippen LogP contribution in [0.5, 0.6) is 5.75 Å². The number of carbonyl (C=O) groups excluding carboxylic acids is 1. The number of hydrogen-bond donors (Lipinski definition) is 4. The maximum Gasteiger partial charge on any atom is 0.225 e. The van der Waals surface area contributed by atoms with Gasteiger partial charge in [0.15, 0.2) is 11.6 Å². The number of piperazine rings is 1. The molecule has 0 spiro atoms. The minimum absolute atomic E-state index is 0.0648. The second kappa shape index (κ2) is 11.5. The van der Waals surface area contributed by atoms with Crippen LogP contribution in [-0.4, -0.2) is 61.7 Å². The third-order valence-electron chi connectivity index (χ3n) is 5.88. The molecular formula is C25H30ClFN6O2. The number of nitrogens with one attached hydrogen (secondary N) is 3. The zero-order chi connectivity index (χ0) is 24.8. The highest BCUT2D eigenvalue weighted by Gasteiger charge is 2.21. The van der Waals surface area contributed by atoms with Gasteiger partial charge in [-0.05, 0) is 37.3 Å². The lowest BCUT2D eigenvalue weighted by Gasteiger charge is -2.26. The van der Waals surface area contributed by atoms with E-state index in [1.54, 1.807) is 19.1 Å². The van der Waals surface area contributed by atoms with Crippen molar-refractivity contribution in [1.29, 1.82) is 0 Å². The molecule has 1 aromatic heterocycles. The van der Waals surface area contributed by atoms with Crippen LogP contribution in [0.4, 0.5) is 10.2 Å². The van der Waals surface area contributed by atoms with Crippen molar-refractivity contribution in [3.8, 4) is 17.0 Å². The molecule has 2 aliphatic rings. The van der Waals surface area contributed by atoms with E-state index in [-0.39, 0.29) is 11.5 Å². The number of fused-ring (bicyclic) bond motifs is 1. The van der Waals surface area contributed by atoms with Crippen LogP contribution in [0.15, 0.2) is 42.2 Å². The van der Waals surface area contributed by atoms with Crippen LogP contribution in [0.2, 0.25) is 5.02 Å². The first-order chi connectivity index (χ1) is 16.9. The summed E-state index contributed by atoms with van der Waals surface area (Å²) in [5.41, 5.74) is 8.53. The number of rotatable bonds is 7. The smallest absolute Gasteiger partial charge is 0.225 e. The summed E-state index contributed by atoms with van der Waals surface area (Å²) in [6.07, 6.45) is 3.61. The zero-order valence-electron chi connectivity index (χ0n) is 19.7. The predicted octanol–water partition coefficient (Wildman–Crippen LogP) is 2.96. The molecule has 1 saturated heterocycles. The number of aromatic nitrogens is 1. The minimum atomic E-state index is -0.439. The highest BCUT2D eigenvalue weighted by atomic mass is 35.5. The van der Waals surface area contributed by atoms with Crippen molar-refractivity contribution >= 4 is 28.9 Å². The molecule has 1 amide bonds. The fourth-order valence-corrected chi connectivity index (χ4v) is 4.30. The second-order valence-electron chi connectivity index (χ2n) is 8.47. The molecule has 0 atom stereocenters. The average molecular weight is 501 g/mol. The summed E-state index contributed by atoms with van der Waals surface area (Å²) in [5.74, 6) is 0.512. The Morgan fingerprint density at radius 2 is 2.11 bits per heavy atom. The normalized spacial score (nSPS) is 16.8. The lowest BCUT2D eigenvalue weighted by Crippen LogP contribution is -2.44. The van der Waals surface area contributed by atoms with E-state index in [1.807, 2.05) is 0 Å². The molecule has 0 bridgehead atoms. The molecule has 1 fully saturated rings. The van der Waals surface area contributed by atoms with Crippen LogP contribution in [0.25, 0.3) is 16.8 Å². The van der Waals surface area contributed by atoms with Crippen molar-refractivity contribution in [3.63, 3.8) is 0 Å². The Morgan fingerprint density at radius 1 is 1.31 bits per heavy atom. The molecule has 35 heavy (non-hydrogen) atoms. The first-order valence-electron chi connectivity index (χ1n) is 11.6. The number of carbonyl (C=O) groups is 1. The van der Waals surface area contributed by atoms with Gasteiger partial charge < -0.3 is 31.3 Å². The molecule has 10 heteroatoms. The lowest BCUT2D eigenvalue weighted by atomic mass is 10.0. The fraction of sp³-hybridized carbons (Fsp3) is 0.360. The Morgan fingerprint density at radius 3 is 2.89 bits per heavy atom. The second-order valence-corrected chi connectivity index (χ2v) is 8.91. The summed E-state index contributed by atoms with van der Waals surface area (Å²) in [7, 11) is 0. The van der Waals surface area contributed by atoms with E-state index in [1.165, 1.54) is 24.4 Å². The molecule has 2 aromatic rings. The number of ether oxygens (including phenoxy) is 1. The third kappa shape index (κ3) is 6.30. The number of benzene rings is 1. The minimum Gasteiger partial charge on any atom is -0.487 e. The highest BCUT2D eigenvalue weighted by Crippen LogP contribution is 2.38. The first kappa shape index (κ1) is 25.0. The standard InChI is InChI=1S/C25H30ClFN6O2/c1-16(31-23(34)4-8-33-9-5-29-6-10-33)12-17(15-28)19-14-22(20-13-18(26)2-3-21(20)27)32-25-24(19)35-11-7-30-25/h2-3,12-15,29H,4-11,28H2,1H3,(H,30,32)(H,31,34)/b16-12+,17-15+. The maximum atomic E-state index is 14.6. The largest absolute Gasteiger partial charge is 0.487 e. The molecule has 1 aromatic carbocycles. The van der Waals surface area contributed by atoms with Crippen molar-refractivity contribution in [2.24, 2.45) is 5.73 Å². The summed E-state index contributed by atoms with van der Waals surface area (Å²) in [5, 5.41) is 9.84. The Bertz CT molecular complexity index is 1150. The SMILES string of the molecule is C/C(=C\C(=C/N)c1cc(-c2cc(Cl)ccc2F)nc2c1OCCN2)NC(=O)CCN1CCNCC1. The number of halogens is 2. The topological polar surface area (TPSA) is 105 Å². The molecule has 3 heterocycles. The average Bonchev–Trinajstić information content (AvgIpc) is 2.87. The third-order valence-corrected chi connectivity index (χ3v) is 6.12. The monoisotopic (exact) mass is 500 g/mol. The summed E-state index contributed by atoms with van der Waals surface area (Å²) in [4.78, 5) is 19.3. The Kier molecular flexibility index (Phi) is 8.22. The van der Waals surface area contributed by atoms with Crippen LogP contribution in [0.3, 0.4) is 0 Å². The number of anilines is 1. The summed E-state index contributed by atoms with van der Waals surface area (Å²) >= 11 is 6.11. The van der Waals surface area contributed by atoms with Crippen LogP contribution >= 0.6 is 11.6 Å². The Hall–Kier alpha value is -3.14. The van der Waals surface area contributed by atoms with Gasteiger partial charge in [-0.25, -0.2) is 9.37 Å². The van der Waals surface area contributed by atoms with Gasteiger partial charge in [0.1, 0.15) is 12.4 Å². The van der Waals surface area contributed by atoms with Crippen molar-refractivity contribution in [2.75, 3.05) is 51.2 Å². The predicted molar refractivity (Wildman–Crippen MR) is 137 cm³/mol. The van der Waals surface area contributed by atoms with Crippen LogP contribution in [-0.2, 0) is 4.79 Å². The van der Waals surface area contributed by atoms with Gasteiger partial charge in [-0.15, -0.1) is 0 Å². The van der Waals surface area contributed by atoms with Crippen molar-refractivity contribution in [1.82, 2.24) is 20.5 Å². The molecule has 8 nitrogen and oxygen atoms in total. The molecule has 2 aliphatic heterocycles. The summed E-state index contributed by atoms with van der Waals surface area (Å²) in [6.45, 7) is 7.32. The quantitative estimate of drug-likeness (QED) is 0.433. The maximum absolute atomic E-state index is 14.6. The highest BCUT2D eigenvalue weighted by molar-refractivity contribution is 6.30. The van der Waals surface area contributed by atoms with E-state index in [4.69, 9.17) is 22.1 Å². The van der Waals surface area contributed by atoms with Gasteiger partial charge in [0.25, 0.3) is 0 Å². The number of hydrogen-bond acceptors (Lipinski definition) is 7. The van der Waals surface area contributed by atoms with E-state index >= 15 is 0 Å². The van der Waals surface area contributed by atoms with Crippen molar-refractivity contribution < 1.29 is 13.9 Å². The van der Waals surface area contributed by atoms with Crippen LogP contribution in [0, 0.1) is 5.82 Å². The van der Waals surface area contributed by atoms with Crippen molar-refractivity contribution in [3.05, 3.63) is 58.6 Å². The fourth-order valence-electron chi connectivity index (χ4n) is 4.13. The van der Waals surface area contributed by atoms with E-state index in [2.05, 4.69) is 25.8 Å². The van der Waals surface area contributed by atoms with Gasteiger partial charge in [-0.3, -0.25) is 4.79 Å². The summed E-state index contributed by atoms with van der Waals surface area (Å²) < 4.78 is 20.5. The van der Waals surface area contributed by atoms with E-state index < -0.39 is 5.82 Å². The van der Waals surface area contributed by atoms with Gasteiger partial charge in [-0.2, -0.15) is 0 Å². The number of nitrogens with zero attached hydrogens (tertiary/aromatic N) is 2. The van der Waals surface area contributed by atoms with Gasteiger partial charge in [-0.1, -0.05) is 11.6 Å². The first-order valence-corrected chi connectivity index (χ1v) is 12.0. The molecular weight excluding hydrogens is 471 g/mol. The number of allylic oxidation sites excluding steroid dienone is 3. The van der Waals surface area contributed by atoms with E-state index in [9.17, 15) is 9.18 Å². The molecule has 5 N–H and O–H groups in total. The molecule has 0 radical (unpaired) electrons. The molecule has 186 valence electrons. The van der Waals surface area contributed by atoms with Crippen LogP contribution in [0.1, 0.15) is 18.9 Å². The molecule has 0 unspecified atom stereocenters. The molecule has 0 aliphatic carbocycles. The van der Waals surface area contributed by atoms with Crippen LogP contribution < -0.4 is 26.4 Å². The Labute approximate surface area is 209 Å². The van der Waals surface area contributed by atoms with E-state index in [0.29, 0.717) is 65.2 Å². The number of amides is 1.